The summed E-state index contributed by atoms with van der Waals surface area (Å²) >= 11 is 0. The monoisotopic (exact) mass is 130 g/mol. The van der Waals surface area contributed by atoms with Crippen LogP contribution in [0.5, 0.6) is 0 Å². The molecule has 0 spiro atoms. The third-order valence-corrected chi connectivity index (χ3v) is 1.93. The first-order chi connectivity index (χ1) is 4.33. The summed E-state index contributed by atoms with van der Waals surface area (Å²) in [4.78, 5) is 2.01. The zero-order valence-corrected chi connectivity index (χ0v) is 5.65. The van der Waals surface area contributed by atoms with Gasteiger partial charge in [-0.1, -0.05) is 0 Å². The molecule has 1 rings (SSSR count). The van der Waals surface area contributed by atoms with E-state index in [4.69, 9.17) is 0 Å². The van der Waals surface area contributed by atoms with Crippen molar-refractivity contribution in [1.29, 1.82) is 0 Å². The maximum absolute atomic E-state index is 12.0. The molecule has 9 heavy (non-hydrogen) atoms. The van der Waals surface area contributed by atoms with Crippen molar-refractivity contribution >= 4 is 0 Å². The first-order valence-corrected chi connectivity index (χ1v) is 3.44. The zero-order valence-electron chi connectivity index (χ0n) is 5.65. The molecule has 1 fully saturated rings. The predicted octanol–water partition coefficient (Wildman–Crippen LogP) is 1.46. The van der Waals surface area contributed by atoms with Gasteiger partial charge < -0.3 is 4.90 Å². The zero-order chi connectivity index (χ0) is 6.69. The van der Waals surface area contributed by atoms with Crippen LogP contribution in [0.2, 0.25) is 0 Å². The number of likely N-dealkylation sites (tertiary alicyclic amines) is 1. The van der Waals surface area contributed by atoms with Crippen LogP contribution in [0.4, 0.5) is 4.39 Å². The first kappa shape index (κ1) is 7.00. The molecule has 0 saturated carbocycles. The summed E-state index contributed by atoms with van der Waals surface area (Å²) in [5.74, 6) is 0.322. The van der Waals surface area contributed by atoms with Gasteiger partial charge in [-0.05, 0) is 31.8 Å². The van der Waals surface area contributed by atoms with Gasteiger partial charge in [0, 0.05) is 0 Å². The Balaban J connectivity index is 2.18. The SMILES string of the molecule is [CH2-]N1CCC(CF)CC1. The van der Waals surface area contributed by atoms with Gasteiger partial charge in [-0.25, -0.2) is 0 Å². The van der Waals surface area contributed by atoms with Crippen LogP contribution in [-0.2, 0) is 0 Å². The van der Waals surface area contributed by atoms with Gasteiger partial charge in [0.2, 0.25) is 0 Å². The first-order valence-electron chi connectivity index (χ1n) is 3.44. The van der Waals surface area contributed by atoms with Gasteiger partial charge in [0.15, 0.2) is 0 Å². The molecule has 54 valence electrons. The minimum absolute atomic E-state index is 0.145. The second kappa shape index (κ2) is 3.16. The van der Waals surface area contributed by atoms with Crippen LogP contribution < -0.4 is 0 Å². The second-order valence-electron chi connectivity index (χ2n) is 2.72. The third-order valence-electron chi connectivity index (χ3n) is 1.93. The van der Waals surface area contributed by atoms with Gasteiger partial charge in [-0.15, -0.1) is 0 Å². The van der Waals surface area contributed by atoms with E-state index in [1.807, 2.05) is 4.90 Å². The quantitative estimate of drug-likeness (QED) is 0.486. The summed E-state index contributed by atoms with van der Waals surface area (Å²) in [6.07, 6.45) is 1.97. The van der Waals surface area contributed by atoms with E-state index in [0.29, 0.717) is 5.92 Å². The smallest absolute Gasteiger partial charge is 0.0923 e. The van der Waals surface area contributed by atoms with Gasteiger partial charge >= 0.3 is 0 Å². The van der Waals surface area contributed by atoms with Crippen molar-refractivity contribution in [3.05, 3.63) is 7.05 Å². The van der Waals surface area contributed by atoms with Crippen molar-refractivity contribution in [2.75, 3.05) is 19.8 Å². The maximum Gasteiger partial charge on any atom is 0.0923 e. The van der Waals surface area contributed by atoms with Crippen molar-refractivity contribution in [2.45, 2.75) is 12.8 Å². The van der Waals surface area contributed by atoms with Crippen LogP contribution in [0, 0.1) is 13.0 Å². The Hall–Kier alpha value is -0.110. The van der Waals surface area contributed by atoms with Gasteiger partial charge in [0.05, 0.1) is 6.67 Å². The second-order valence-corrected chi connectivity index (χ2v) is 2.72. The standard InChI is InChI=1S/C7H13FN/c1-9-4-2-7(6-8)3-5-9/h7H,1-6H2/q-1. The summed E-state index contributed by atoms with van der Waals surface area (Å²) in [6.45, 7) is 1.79. The molecule has 1 aliphatic rings. The molecule has 2 heteroatoms. The van der Waals surface area contributed by atoms with Crippen molar-refractivity contribution < 1.29 is 4.39 Å². The normalized spacial score (nSPS) is 24.7. The molecule has 0 aromatic rings. The van der Waals surface area contributed by atoms with Crippen LogP contribution in [0.15, 0.2) is 0 Å². The van der Waals surface area contributed by atoms with Gasteiger partial charge in [0.25, 0.3) is 0 Å². The summed E-state index contributed by atoms with van der Waals surface area (Å²) in [6, 6.07) is 0. The molecular formula is C7H13FN-. The molecule has 1 aliphatic heterocycles. The number of hydrogen-bond donors (Lipinski definition) is 0. The Morgan fingerprint density at radius 1 is 1.44 bits per heavy atom. The Bertz CT molecular complexity index is 77.0. The number of alkyl halides is 1. The summed E-state index contributed by atoms with van der Waals surface area (Å²) in [5.41, 5.74) is 0. The molecular weight excluding hydrogens is 117 g/mol. The molecule has 1 heterocycles. The number of hydrogen-bond acceptors (Lipinski definition) is 1. The van der Waals surface area contributed by atoms with Crippen LogP contribution in [-0.4, -0.2) is 24.7 Å². The number of rotatable bonds is 1. The lowest BCUT2D eigenvalue weighted by atomic mass is 9.99. The molecule has 0 bridgehead atoms. The lowest BCUT2D eigenvalue weighted by molar-refractivity contribution is 0.208. The van der Waals surface area contributed by atoms with E-state index in [1.54, 1.807) is 0 Å². The van der Waals surface area contributed by atoms with E-state index in [-0.39, 0.29) is 6.67 Å². The Morgan fingerprint density at radius 2 is 2.00 bits per heavy atom. The Kier molecular flexibility index (Phi) is 2.46. The minimum atomic E-state index is -0.145. The van der Waals surface area contributed by atoms with Crippen molar-refractivity contribution in [3.63, 3.8) is 0 Å². The number of halogens is 1. The van der Waals surface area contributed by atoms with Crippen molar-refractivity contribution in [2.24, 2.45) is 5.92 Å². The average molecular weight is 130 g/mol. The fraction of sp³-hybridized carbons (Fsp3) is 0.857. The van der Waals surface area contributed by atoms with Gasteiger partial charge in [-0.3, -0.25) is 11.4 Å². The van der Waals surface area contributed by atoms with Crippen molar-refractivity contribution in [3.8, 4) is 0 Å². The van der Waals surface area contributed by atoms with E-state index in [9.17, 15) is 4.39 Å². The number of piperidine rings is 1. The molecule has 0 aromatic carbocycles. The Labute approximate surface area is 55.8 Å². The highest BCUT2D eigenvalue weighted by Crippen LogP contribution is 2.15. The van der Waals surface area contributed by atoms with Crippen molar-refractivity contribution in [1.82, 2.24) is 4.90 Å². The summed E-state index contributed by atoms with van der Waals surface area (Å²) in [5, 5.41) is 0. The van der Waals surface area contributed by atoms with Gasteiger partial charge in [0.1, 0.15) is 0 Å². The molecule has 0 aliphatic carbocycles. The third kappa shape index (κ3) is 1.94. The largest absolute Gasteiger partial charge is 0.459 e. The summed E-state index contributed by atoms with van der Waals surface area (Å²) < 4.78 is 12.0. The van der Waals surface area contributed by atoms with Crippen LogP contribution in [0.25, 0.3) is 0 Å². The fourth-order valence-electron chi connectivity index (χ4n) is 1.14. The molecule has 0 atom stereocenters. The van der Waals surface area contributed by atoms with Gasteiger partial charge in [-0.2, -0.15) is 0 Å². The van der Waals surface area contributed by atoms with Crippen LogP contribution in [0.1, 0.15) is 12.8 Å². The highest BCUT2D eigenvalue weighted by Gasteiger charge is 2.12. The molecule has 0 unspecified atom stereocenters. The van der Waals surface area contributed by atoms with E-state index < -0.39 is 0 Å². The highest BCUT2D eigenvalue weighted by molar-refractivity contribution is 4.70. The lowest BCUT2D eigenvalue weighted by Crippen LogP contribution is -2.29. The minimum Gasteiger partial charge on any atom is -0.459 e. The molecule has 1 saturated heterocycles. The molecule has 0 aromatic heterocycles. The average Bonchev–Trinajstić information content (AvgIpc) is 1.90. The molecule has 1 nitrogen and oxygen atoms in total. The predicted molar refractivity (Wildman–Crippen MR) is 35.6 cm³/mol. The Morgan fingerprint density at radius 3 is 2.44 bits per heavy atom. The topological polar surface area (TPSA) is 3.24 Å². The van der Waals surface area contributed by atoms with Crippen LogP contribution >= 0.6 is 0 Å². The molecule has 0 N–H and O–H groups in total. The lowest BCUT2D eigenvalue weighted by Gasteiger charge is -2.33. The molecule has 0 radical (unpaired) electrons. The van der Waals surface area contributed by atoms with E-state index in [0.717, 1.165) is 25.9 Å². The van der Waals surface area contributed by atoms with E-state index in [1.165, 1.54) is 0 Å². The summed E-state index contributed by atoms with van der Waals surface area (Å²) in [7, 11) is 3.78. The molecule has 0 amide bonds. The van der Waals surface area contributed by atoms with E-state index >= 15 is 0 Å². The number of nitrogens with zero attached hydrogens (tertiary/aromatic N) is 1. The fourth-order valence-corrected chi connectivity index (χ4v) is 1.14. The highest BCUT2D eigenvalue weighted by atomic mass is 19.1. The maximum atomic E-state index is 12.0. The van der Waals surface area contributed by atoms with E-state index in [2.05, 4.69) is 7.05 Å². The van der Waals surface area contributed by atoms with Crippen LogP contribution in [0.3, 0.4) is 0 Å².